The van der Waals surface area contributed by atoms with Crippen LogP contribution in [0.15, 0.2) is 42.5 Å². The lowest BCUT2D eigenvalue weighted by Gasteiger charge is -2.14. The first-order valence-corrected chi connectivity index (χ1v) is 6.72. The van der Waals surface area contributed by atoms with Crippen molar-refractivity contribution in [2.75, 3.05) is 19.0 Å². The van der Waals surface area contributed by atoms with Gasteiger partial charge in [0.05, 0.1) is 6.04 Å². The number of carbonyl (C=O) groups is 1. The molecule has 1 aliphatic rings. The zero-order valence-electron chi connectivity index (χ0n) is 11.6. The molecule has 0 fully saturated rings. The lowest BCUT2D eigenvalue weighted by molar-refractivity contribution is 0.0963. The Bertz CT molecular complexity index is 685. The molecule has 1 aliphatic heterocycles. The fourth-order valence-electron chi connectivity index (χ4n) is 2.41. The van der Waals surface area contributed by atoms with Crippen LogP contribution in [0.2, 0.25) is 0 Å². The van der Waals surface area contributed by atoms with Gasteiger partial charge in [-0.05, 0) is 30.3 Å². The van der Waals surface area contributed by atoms with Gasteiger partial charge in [-0.2, -0.15) is 0 Å². The van der Waals surface area contributed by atoms with Crippen LogP contribution in [0, 0.1) is 0 Å². The summed E-state index contributed by atoms with van der Waals surface area (Å²) >= 11 is 0. The number of anilines is 1. The van der Waals surface area contributed by atoms with E-state index in [0.717, 1.165) is 11.3 Å². The van der Waals surface area contributed by atoms with Crippen molar-refractivity contribution < 1.29 is 14.6 Å². The third-order valence-electron chi connectivity index (χ3n) is 3.47. The summed E-state index contributed by atoms with van der Waals surface area (Å²) in [6.45, 7) is 0.489. The first kappa shape index (κ1) is 13.3. The van der Waals surface area contributed by atoms with Gasteiger partial charge in [0.2, 0.25) is 0 Å². The molecule has 2 aromatic carbocycles. The molecular formula is C16H16N2O3. The van der Waals surface area contributed by atoms with Gasteiger partial charge in [0.15, 0.2) is 0 Å². The fourth-order valence-corrected chi connectivity index (χ4v) is 2.41. The van der Waals surface area contributed by atoms with Crippen molar-refractivity contribution in [3.8, 4) is 11.5 Å². The first-order valence-electron chi connectivity index (χ1n) is 6.72. The Labute approximate surface area is 122 Å². The Morgan fingerprint density at radius 2 is 2.14 bits per heavy atom. The summed E-state index contributed by atoms with van der Waals surface area (Å²) in [5, 5.41) is 15.4. The first-order chi connectivity index (χ1) is 10.2. The Hall–Kier alpha value is -2.69. The zero-order valence-corrected chi connectivity index (χ0v) is 11.6. The number of hydrogen-bond donors (Lipinski definition) is 3. The molecule has 2 aromatic rings. The molecular weight excluding hydrogens is 268 g/mol. The van der Waals surface area contributed by atoms with Crippen LogP contribution >= 0.6 is 0 Å². The molecule has 0 spiro atoms. The predicted octanol–water partition coefficient (Wildman–Crippen LogP) is 2.30. The summed E-state index contributed by atoms with van der Waals surface area (Å²) in [4.78, 5) is 11.6. The standard InChI is InChI=1S/C16H16N2O3/c1-17-16(20)10-3-2-4-11(7-10)18-14-9-21-15-8-12(19)5-6-13(14)15/h2-8,14,18-19H,9H2,1H3,(H,17,20). The number of hydrogen-bond acceptors (Lipinski definition) is 4. The van der Waals surface area contributed by atoms with Crippen molar-refractivity contribution in [1.82, 2.24) is 5.32 Å². The topological polar surface area (TPSA) is 70.6 Å². The second-order valence-corrected chi connectivity index (χ2v) is 4.89. The van der Waals surface area contributed by atoms with Crippen LogP contribution in [0.5, 0.6) is 11.5 Å². The number of rotatable bonds is 3. The summed E-state index contributed by atoms with van der Waals surface area (Å²) in [6, 6.07) is 12.4. The minimum atomic E-state index is -0.119. The van der Waals surface area contributed by atoms with Gasteiger partial charge in [0.25, 0.3) is 5.91 Å². The number of aromatic hydroxyl groups is 1. The Balaban J connectivity index is 1.81. The Kier molecular flexibility index (Phi) is 3.39. The number of fused-ring (bicyclic) bond motifs is 1. The summed E-state index contributed by atoms with van der Waals surface area (Å²) in [6.07, 6.45) is 0. The molecule has 5 heteroatoms. The van der Waals surface area contributed by atoms with Crippen LogP contribution in [0.3, 0.4) is 0 Å². The van der Waals surface area contributed by atoms with E-state index >= 15 is 0 Å². The number of carbonyl (C=O) groups excluding carboxylic acids is 1. The van der Waals surface area contributed by atoms with Crippen molar-refractivity contribution in [2.24, 2.45) is 0 Å². The number of phenols is 1. The molecule has 108 valence electrons. The van der Waals surface area contributed by atoms with Crippen molar-refractivity contribution >= 4 is 11.6 Å². The quantitative estimate of drug-likeness (QED) is 0.809. The molecule has 1 amide bonds. The van der Waals surface area contributed by atoms with Crippen LogP contribution in [0.1, 0.15) is 22.0 Å². The zero-order chi connectivity index (χ0) is 14.8. The summed E-state index contributed by atoms with van der Waals surface area (Å²) in [5.41, 5.74) is 2.45. The van der Waals surface area contributed by atoms with E-state index in [9.17, 15) is 9.90 Å². The minimum Gasteiger partial charge on any atom is -0.508 e. The fraction of sp³-hybridized carbons (Fsp3) is 0.188. The van der Waals surface area contributed by atoms with E-state index < -0.39 is 0 Å². The molecule has 21 heavy (non-hydrogen) atoms. The monoisotopic (exact) mass is 284 g/mol. The molecule has 3 N–H and O–H groups in total. The smallest absolute Gasteiger partial charge is 0.251 e. The maximum atomic E-state index is 11.6. The van der Waals surface area contributed by atoms with E-state index in [1.54, 1.807) is 31.3 Å². The van der Waals surface area contributed by atoms with Gasteiger partial charge in [0.1, 0.15) is 18.1 Å². The van der Waals surface area contributed by atoms with Gasteiger partial charge in [-0.1, -0.05) is 6.07 Å². The van der Waals surface area contributed by atoms with E-state index in [-0.39, 0.29) is 17.7 Å². The summed E-state index contributed by atoms with van der Waals surface area (Å²) in [7, 11) is 1.61. The van der Waals surface area contributed by atoms with E-state index in [1.807, 2.05) is 18.2 Å². The van der Waals surface area contributed by atoms with Crippen molar-refractivity contribution in [3.05, 3.63) is 53.6 Å². The van der Waals surface area contributed by atoms with Crippen LogP contribution in [0.25, 0.3) is 0 Å². The third-order valence-corrected chi connectivity index (χ3v) is 3.47. The molecule has 3 rings (SSSR count). The molecule has 0 saturated carbocycles. The highest BCUT2D eigenvalue weighted by molar-refractivity contribution is 5.94. The van der Waals surface area contributed by atoms with Gasteiger partial charge in [-0.25, -0.2) is 0 Å². The van der Waals surface area contributed by atoms with Gasteiger partial charge >= 0.3 is 0 Å². The lowest BCUT2D eigenvalue weighted by atomic mass is 10.1. The molecule has 0 aliphatic carbocycles. The van der Waals surface area contributed by atoms with Crippen molar-refractivity contribution in [1.29, 1.82) is 0 Å². The molecule has 1 heterocycles. The molecule has 0 aromatic heterocycles. The third kappa shape index (κ3) is 2.63. The van der Waals surface area contributed by atoms with E-state index in [4.69, 9.17) is 4.74 Å². The van der Waals surface area contributed by atoms with Gasteiger partial charge in [-0.15, -0.1) is 0 Å². The van der Waals surface area contributed by atoms with Crippen molar-refractivity contribution in [2.45, 2.75) is 6.04 Å². The van der Waals surface area contributed by atoms with Gasteiger partial charge < -0.3 is 20.5 Å². The van der Waals surface area contributed by atoms with Crippen LogP contribution < -0.4 is 15.4 Å². The molecule has 1 atom stereocenters. The minimum absolute atomic E-state index is 0.000498. The molecule has 0 saturated heterocycles. The number of benzene rings is 2. The number of ether oxygens (including phenoxy) is 1. The normalized spacial score (nSPS) is 16.0. The maximum absolute atomic E-state index is 11.6. The lowest BCUT2D eigenvalue weighted by Crippen LogP contribution is -2.18. The van der Waals surface area contributed by atoms with Crippen LogP contribution in [-0.2, 0) is 0 Å². The SMILES string of the molecule is CNC(=O)c1cccc(NC2COc3cc(O)ccc32)c1. The van der Waals surface area contributed by atoms with E-state index in [2.05, 4.69) is 10.6 Å². The largest absolute Gasteiger partial charge is 0.508 e. The highest BCUT2D eigenvalue weighted by Gasteiger charge is 2.24. The number of phenolic OH excluding ortho intramolecular Hbond substituents is 1. The number of amides is 1. The average Bonchev–Trinajstić information content (AvgIpc) is 2.89. The second-order valence-electron chi connectivity index (χ2n) is 4.89. The van der Waals surface area contributed by atoms with Crippen molar-refractivity contribution in [3.63, 3.8) is 0 Å². The second kappa shape index (κ2) is 5.36. The highest BCUT2D eigenvalue weighted by Crippen LogP contribution is 2.36. The molecule has 0 radical (unpaired) electrons. The summed E-state index contributed by atoms with van der Waals surface area (Å²) < 4.78 is 5.56. The number of nitrogens with one attached hydrogen (secondary N) is 2. The van der Waals surface area contributed by atoms with Gasteiger partial charge in [-0.3, -0.25) is 4.79 Å². The Morgan fingerprint density at radius 1 is 1.29 bits per heavy atom. The maximum Gasteiger partial charge on any atom is 0.251 e. The molecule has 1 unspecified atom stereocenters. The van der Waals surface area contributed by atoms with E-state index in [1.165, 1.54) is 0 Å². The predicted molar refractivity (Wildman–Crippen MR) is 79.8 cm³/mol. The van der Waals surface area contributed by atoms with Crippen LogP contribution in [-0.4, -0.2) is 24.7 Å². The van der Waals surface area contributed by atoms with E-state index in [0.29, 0.717) is 17.9 Å². The van der Waals surface area contributed by atoms with Gasteiger partial charge in [0, 0.05) is 29.9 Å². The summed E-state index contributed by atoms with van der Waals surface area (Å²) in [5.74, 6) is 0.762. The highest BCUT2D eigenvalue weighted by atomic mass is 16.5. The van der Waals surface area contributed by atoms with Crippen LogP contribution in [0.4, 0.5) is 5.69 Å². The average molecular weight is 284 g/mol. The molecule has 5 nitrogen and oxygen atoms in total. The molecule has 0 bridgehead atoms. The Morgan fingerprint density at radius 3 is 2.95 bits per heavy atom.